The molecule has 1 aromatic rings. The van der Waals surface area contributed by atoms with Crippen LogP contribution in [0.1, 0.15) is 116 Å². The Kier molecular flexibility index (Phi) is 8.47. The highest BCUT2D eigenvalue weighted by Gasteiger charge is 2.61. The van der Waals surface area contributed by atoms with Crippen LogP contribution in [0.25, 0.3) is 0 Å². The monoisotopic (exact) mass is 520 g/mol. The second-order valence-electron chi connectivity index (χ2n) is 13.9. The fourth-order valence-electron chi connectivity index (χ4n) is 9.84. The van der Waals surface area contributed by atoms with E-state index in [-0.39, 0.29) is 11.5 Å². The topological polar surface area (TPSA) is 65.3 Å². The van der Waals surface area contributed by atoms with E-state index < -0.39 is 0 Å². The molecule has 0 radical (unpaired) electrons. The lowest BCUT2D eigenvalue weighted by atomic mass is 9.44. The molecule has 4 saturated carbocycles. The minimum atomic E-state index is -0.195. The predicted octanol–water partition coefficient (Wildman–Crippen LogP) is 7.63. The molecule has 4 heteroatoms. The SMILES string of the molecule is CCC(CC)NCc1cc(C#N)cc(OCC[C@]23CCC4C(CCC5CC(C)CC[C@@]54C)C2CCC3O)c1. The van der Waals surface area contributed by atoms with Crippen LogP contribution < -0.4 is 10.1 Å². The smallest absolute Gasteiger partial charge is 0.120 e. The molecule has 6 unspecified atom stereocenters. The summed E-state index contributed by atoms with van der Waals surface area (Å²) in [6.45, 7) is 10.9. The number of hydrogen-bond acceptors (Lipinski definition) is 4. The number of rotatable bonds is 9. The van der Waals surface area contributed by atoms with E-state index in [9.17, 15) is 10.4 Å². The number of hydrogen-bond donors (Lipinski definition) is 2. The zero-order chi connectivity index (χ0) is 26.9. The molecule has 0 saturated heterocycles. The van der Waals surface area contributed by atoms with Crippen molar-refractivity contribution in [2.24, 2.45) is 40.4 Å². The molecule has 4 fully saturated rings. The first-order valence-corrected chi connectivity index (χ1v) is 15.9. The number of nitrogens with zero attached hydrogens (tertiary/aromatic N) is 1. The van der Waals surface area contributed by atoms with E-state index in [2.05, 4.69) is 45.1 Å². The molecule has 1 aromatic carbocycles. The summed E-state index contributed by atoms with van der Waals surface area (Å²) in [5.74, 6) is 4.87. The van der Waals surface area contributed by atoms with Crippen LogP contribution in [0.15, 0.2) is 18.2 Å². The van der Waals surface area contributed by atoms with Gasteiger partial charge in [-0.2, -0.15) is 5.26 Å². The van der Waals surface area contributed by atoms with Gasteiger partial charge < -0.3 is 15.2 Å². The van der Waals surface area contributed by atoms with Crippen LogP contribution in [0.3, 0.4) is 0 Å². The lowest BCUT2D eigenvalue weighted by molar-refractivity contribution is -0.135. The second-order valence-corrected chi connectivity index (χ2v) is 13.9. The number of fused-ring (bicyclic) bond motifs is 5. The average molecular weight is 521 g/mol. The van der Waals surface area contributed by atoms with E-state index in [0.29, 0.717) is 29.5 Å². The van der Waals surface area contributed by atoms with Crippen LogP contribution in [-0.2, 0) is 6.54 Å². The van der Waals surface area contributed by atoms with E-state index in [4.69, 9.17) is 4.74 Å². The summed E-state index contributed by atoms with van der Waals surface area (Å²) in [6.07, 6.45) is 14.5. The van der Waals surface area contributed by atoms with Gasteiger partial charge in [0.25, 0.3) is 0 Å². The molecule has 4 aliphatic carbocycles. The minimum Gasteiger partial charge on any atom is -0.494 e. The normalized spacial score (nSPS) is 38.2. The van der Waals surface area contributed by atoms with Gasteiger partial charge in [0, 0.05) is 18.0 Å². The number of nitrogens with one attached hydrogen (secondary N) is 1. The van der Waals surface area contributed by atoms with Gasteiger partial charge in [0.05, 0.1) is 24.3 Å². The third-order valence-corrected chi connectivity index (χ3v) is 12.1. The Balaban J connectivity index is 1.26. The summed E-state index contributed by atoms with van der Waals surface area (Å²) in [5, 5.41) is 24.6. The molecule has 8 atom stereocenters. The van der Waals surface area contributed by atoms with Gasteiger partial charge in [-0.15, -0.1) is 0 Å². The van der Waals surface area contributed by atoms with Crippen molar-refractivity contribution in [3.63, 3.8) is 0 Å². The highest BCUT2D eigenvalue weighted by molar-refractivity contribution is 5.40. The number of aliphatic hydroxyl groups is 1. The first-order chi connectivity index (χ1) is 18.3. The lowest BCUT2D eigenvalue weighted by Crippen LogP contribution is -2.54. The van der Waals surface area contributed by atoms with Crippen molar-refractivity contribution in [3.05, 3.63) is 29.3 Å². The molecule has 4 nitrogen and oxygen atoms in total. The van der Waals surface area contributed by atoms with Gasteiger partial charge in [-0.25, -0.2) is 0 Å². The molecular weight excluding hydrogens is 468 g/mol. The summed E-state index contributed by atoms with van der Waals surface area (Å²) in [5.41, 5.74) is 2.30. The van der Waals surface area contributed by atoms with E-state index in [1.165, 1.54) is 44.9 Å². The Morgan fingerprint density at radius 1 is 1.05 bits per heavy atom. The lowest BCUT2D eigenvalue weighted by Gasteiger charge is -2.61. The average Bonchev–Trinajstić information content (AvgIpc) is 3.25. The fourth-order valence-corrected chi connectivity index (χ4v) is 9.84. The molecule has 38 heavy (non-hydrogen) atoms. The Hall–Kier alpha value is -1.57. The molecule has 0 amide bonds. The van der Waals surface area contributed by atoms with Crippen molar-refractivity contribution in [2.45, 2.75) is 123 Å². The molecule has 0 spiro atoms. The zero-order valence-electron chi connectivity index (χ0n) is 24.5. The molecule has 2 N–H and O–H groups in total. The summed E-state index contributed by atoms with van der Waals surface area (Å²) < 4.78 is 6.37. The van der Waals surface area contributed by atoms with Crippen molar-refractivity contribution >= 4 is 0 Å². The zero-order valence-corrected chi connectivity index (χ0v) is 24.5. The molecule has 5 rings (SSSR count). The van der Waals surface area contributed by atoms with Crippen LogP contribution in [-0.4, -0.2) is 23.9 Å². The molecule has 0 bridgehead atoms. The van der Waals surface area contributed by atoms with Gasteiger partial charge >= 0.3 is 0 Å². The summed E-state index contributed by atoms with van der Waals surface area (Å²) >= 11 is 0. The minimum absolute atomic E-state index is 0.0129. The highest BCUT2D eigenvalue weighted by Crippen LogP contribution is 2.67. The van der Waals surface area contributed by atoms with Crippen LogP contribution in [0.4, 0.5) is 0 Å². The van der Waals surface area contributed by atoms with E-state index >= 15 is 0 Å². The van der Waals surface area contributed by atoms with Crippen molar-refractivity contribution in [1.29, 1.82) is 5.26 Å². The van der Waals surface area contributed by atoms with Crippen LogP contribution in [0.5, 0.6) is 5.75 Å². The van der Waals surface area contributed by atoms with E-state index in [1.807, 2.05) is 12.1 Å². The largest absolute Gasteiger partial charge is 0.494 e. The summed E-state index contributed by atoms with van der Waals surface area (Å²) in [7, 11) is 0. The number of ether oxygens (including phenoxy) is 1. The van der Waals surface area contributed by atoms with Crippen molar-refractivity contribution < 1.29 is 9.84 Å². The summed E-state index contributed by atoms with van der Waals surface area (Å²) in [6, 6.07) is 8.76. The Morgan fingerprint density at radius 3 is 2.63 bits per heavy atom. The van der Waals surface area contributed by atoms with Gasteiger partial charge in [0.15, 0.2) is 0 Å². The maximum absolute atomic E-state index is 11.4. The Bertz CT molecular complexity index is 999. The predicted molar refractivity (Wildman–Crippen MR) is 154 cm³/mol. The maximum atomic E-state index is 11.4. The van der Waals surface area contributed by atoms with E-state index in [0.717, 1.165) is 73.6 Å². The van der Waals surface area contributed by atoms with Crippen molar-refractivity contribution in [1.82, 2.24) is 5.32 Å². The molecule has 0 heterocycles. The van der Waals surface area contributed by atoms with Gasteiger partial charge in [0.1, 0.15) is 5.75 Å². The van der Waals surface area contributed by atoms with Crippen molar-refractivity contribution in [2.75, 3.05) is 6.61 Å². The van der Waals surface area contributed by atoms with Crippen LogP contribution in [0.2, 0.25) is 0 Å². The molecule has 4 aliphatic rings. The Morgan fingerprint density at radius 2 is 1.87 bits per heavy atom. The first-order valence-electron chi connectivity index (χ1n) is 15.9. The molecule has 0 aliphatic heterocycles. The molecule has 210 valence electrons. The third-order valence-electron chi connectivity index (χ3n) is 12.1. The quantitative estimate of drug-likeness (QED) is 0.351. The van der Waals surface area contributed by atoms with Gasteiger partial charge in [-0.05, 0) is 129 Å². The van der Waals surface area contributed by atoms with Crippen molar-refractivity contribution in [3.8, 4) is 11.8 Å². The molecule has 0 aromatic heterocycles. The first kappa shape index (κ1) is 28.0. The highest BCUT2D eigenvalue weighted by atomic mass is 16.5. The number of nitriles is 1. The van der Waals surface area contributed by atoms with Crippen LogP contribution >= 0.6 is 0 Å². The standard InChI is InChI=1S/C34H52N2O2/c1-5-27(6-2)36-22-25-18-24(21-35)19-28(20-25)38-16-15-34-14-12-30-29(31(34)9-10-32(34)37)8-7-26-17-23(3)11-13-33(26,30)4/h18-20,23,26-27,29-32,36-37H,5-17,22H2,1-4H3/t23?,26?,29?,30?,31?,32?,33-,34+/m0/s1. The fraction of sp³-hybridized carbons (Fsp3) is 0.794. The van der Waals surface area contributed by atoms with E-state index in [1.54, 1.807) is 0 Å². The molecular formula is C34H52N2O2. The van der Waals surface area contributed by atoms with Gasteiger partial charge in [0.2, 0.25) is 0 Å². The maximum Gasteiger partial charge on any atom is 0.120 e. The summed E-state index contributed by atoms with van der Waals surface area (Å²) in [4.78, 5) is 0. The van der Waals surface area contributed by atoms with Gasteiger partial charge in [-0.1, -0.05) is 34.1 Å². The Labute approximate surface area is 231 Å². The number of benzene rings is 1. The second kappa shape index (κ2) is 11.5. The van der Waals surface area contributed by atoms with Crippen LogP contribution in [0, 0.1) is 51.8 Å². The van der Waals surface area contributed by atoms with Gasteiger partial charge in [-0.3, -0.25) is 0 Å². The third kappa shape index (κ3) is 5.15. The number of aliphatic hydroxyl groups excluding tert-OH is 1.